The number of amides is 1. The summed E-state index contributed by atoms with van der Waals surface area (Å²) in [7, 11) is 0. The van der Waals surface area contributed by atoms with Crippen LogP contribution in [0.4, 0.5) is 5.69 Å². The summed E-state index contributed by atoms with van der Waals surface area (Å²) in [6.45, 7) is 2.06. The molecule has 1 unspecified atom stereocenters. The van der Waals surface area contributed by atoms with Crippen LogP contribution in [0.5, 0.6) is 0 Å². The van der Waals surface area contributed by atoms with Crippen molar-refractivity contribution in [3.8, 4) is 0 Å². The van der Waals surface area contributed by atoms with Crippen molar-refractivity contribution in [1.82, 2.24) is 9.97 Å². The van der Waals surface area contributed by atoms with Crippen molar-refractivity contribution in [3.63, 3.8) is 0 Å². The van der Waals surface area contributed by atoms with Crippen LogP contribution < -0.4 is 5.32 Å². The highest BCUT2D eigenvalue weighted by molar-refractivity contribution is 6.29. The minimum atomic E-state index is -0.334. The second-order valence-corrected chi connectivity index (χ2v) is 5.03. The molecule has 0 bridgehead atoms. The van der Waals surface area contributed by atoms with Crippen LogP contribution in [0.25, 0.3) is 0 Å². The van der Waals surface area contributed by atoms with Crippen molar-refractivity contribution >= 4 is 41.8 Å². The molecule has 2 rings (SSSR count). The van der Waals surface area contributed by atoms with Gasteiger partial charge in [0.15, 0.2) is 0 Å². The summed E-state index contributed by atoms with van der Waals surface area (Å²) in [6.07, 6.45) is 4.77. The zero-order valence-electron chi connectivity index (χ0n) is 11.9. The van der Waals surface area contributed by atoms with Crippen LogP contribution in [0.2, 0.25) is 5.15 Å². The van der Waals surface area contributed by atoms with E-state index < -0.39 is 0 Å². The SMILES string of the molecule is CC(CC=N)c1ccc(NC(=O)c2cnc(Cl)cn2)cc1.Cl. The van der Waals surface area contributed by atoms with E-state index in [1.807, 2.05) is 24.3 Å². The van der Waals surface area contributed by atoms with Crippen molar-refractivity contribution in [1.29, 1.82) is 5.41 Å². The van der Waals surface area contributed by atoms with Crippen LogP contribution >= 0.6 is 24.0 Å². The predicted octanol–water partition coefficient (Wildman–Crippen LogP) is 3.95. The number of aromatic nitrogens is 2. The lowest BCUT2D eigenvalue weighted by atomic mass is 9.98. The van der Waals surface area contributed by atoms with Crippen molar-refractivity contribution < 1.29 is 4.79 Å². The van der Waals surface area contributed by atoms with E-state index in [1.165, 1.54) is 18.6 Å². The van der Waals surface area contributed by atoms with E-state index in [-0.39, 0.29) is 35.1 Å². The van der Waals surface area contributed by atoms with Crippen LogP contribution in [0.3, 0.4) is 0 Å². The Morgan fingerprint density at radius 2 is 2.00 bits per heavy atom. The fraction of sp³-hybridized carbons (Fsp3) is 0.200. The Balaban J connectivity index is 0.00000242. The molecule has 0 saturated carbocycles. The molecule has 5 nitrogen and oxygen atoms in total. The summed E-state index contributed by atoms with van der Waals surface area (Å²) in [5, 5.41) is 10.1. The maximum atomic E-state index is 12.0. The Kier molecular flexibility index (Phi) is 6.95. The Labute approximate surface area is 140 Å². The third-order valence-electron chi connectivity index (χ3n) is 3.06. The van der Waals surface area contributed by atoms with E-state index in [0.29, 0.717) is 12.1 Å². The molecule has 2 aromatic rings. The van der Waals surface area contributed by atoms with E-state index in [4.69, 9.17) is 17.0 Å². The number of carbonyl (C=O) groups is 1. The van der Waals surface area contributed by atoms with E-state index in [1.54, 1.807) is 0 Å². The zero-order chi connectivity index (χ0) is 15.2. The first-order chi connectivity index (χ1) is 10.1. The molecule has 0 radical (unpaired) electrons. The number of nitrogens with one attached hydrogen (secondary N) is 2. The first-order valence-electron chi connectivity index (χ1n) is 6.48. The molecule has 0 aliphatic rings. The second-order valence-electron chi connectivity index (χ2n) is 4.64. The average Bonchev–Trinajstić information content (AvgIpc) is 2.49. The van der Waals surface area contributed by atoms with Gasteiger partial charge in [0.25, 0.3) is 5.91 Å². The standard InChI is InChI=1S/C15H15ClN4O.ClH/c1-10(6-7-17)11-2-4-12(5-3-11)20-15(21)13-8-19-14(16)9-18-13;/h2-5,7-10,17H,6H2,1H3,(H,20,21);1H. The quantitative estimate of drug-likeness (QED) is 0.810. The fourth-order valence-corrected chi connectivity index (χ4v) is 1.93. The first kappa shape index (κ1) is 18.1. The number of hydrogen-bond donors (Lipinski definition) is 2. The number of halogens is 2. The van der Waals surface area contributed by atoms with Gasteiger partial charge in [0.2, 0.25) is 0 Å². The van der Waals surface area contributed by atoms with Crippen molar-refractivity contribution in [2.75, 3.05) is 5.32 Å². The van der Waals surface area contributed by atoms with E-state index in [0.717, 1.165) is 5.56 Å². The number of carbonyl (C=O) groups excluding carboxylic acids is 1. The van der Waals surface area contributed by atoms with Gasteiger partial charge in [-0.25, -0.2) is 9.97 Å². The average molecular weight is 339 g/mol. The van der Waals surface area contributed by atoms with Gasteiger partial charge in [-0.05, 0) is 36.2 Å². The van der Waals surface area contributed by atoms with E-state index in [2.05, 4.69) is 22.2 Å². The maximum absolute atomic E-state index is 12.0. The maximum Gasteiger partial charge on any atom is 0.275 e. The van der Waals surface area contributed by atoms with Gasteiger partial charge in [0, 0.05) is 5.69 Å². The molecule has 1 heterocycles. The molecule has 7 heteroatoms. The molecule has 0 aliphatic carbocycles. The van der Waals surface area contributed by atoms with Gasteiger partial charge in [-0.15, -0.1) is 12.4 Å². The Hall–Kier alpha value is -1.98. The number of benzene rings is 1. The molecule has 0 aliphatic heterocycles. The normalized spacial score (nSPS) is 11.2. The molecule has 1 atom stereocenters. The van der Waals surface area contributed by atoms with E-state index in [9.17, 15) is 4.79 Å². The third-order valence-corrected chi connectivity index (χ3v) is 3.26. The minimum Gasteiger partial charge on any atom is -0.321 e. The molecule has 1 aromatic carbocycles. The third kappa shape index (κ3) is 4.79. The summed E-state index contributed by atoms with van der Waals surface area (Å²) in [5.74, 6) is -0.0474. The topological polar surface area (TPSA) is 78.7 Å². The zero-order valence-corrected chi connectivity index (χ0v) is 13.5. The van der Waals surface area contributed by atoms with Gasteiger partial charge in [0.1, 0.15) is 10.8 Å². The van der Waals surface area contributed by atoms with Gasteiger partial charge in [-0.2, -0.15) is 0 Å². The molecule has 0 spiro atoms. The number of rotatable bonds is 5. The van der Waals surface area contributed by atoms with Crippen LogP contribution in [-0.4, -0.2) is 22.1 Å². The van der Waals surface area contributed by atoms with Crippen molar-refractivity contribution in [2.24, 2.45) is 0 Å². The summed E-state index contributed by atoms with van der Waals surface area (Å²) in [6, 6.07) is 7.54. The van der Waals surface area contributed by atoms with Gasteiger partial charge < -0.3 is 10.7 Å². The summed E-state index contributed by atoms with van der Waals surface area (Å²) in [5.41, 5.74) is 2.02. The number of hydrogen-bond acceptors (Lipinski definition) is 4. The van der Waals surface area contributed by atoms with Crippen LogP contribution in [0.1, 0.15) is 35.3 Å². The lowest BCUT2D eigenvalue weighted by Gasteiger charge is -2.10. The molecular weight excluding hydrogens is 323 g/mol. The highest BCUT2D eigenvalue weighted by Gasteiger charge is 2.09. The molecule has 0 fully saturated rings. The Bertz CT molecular complexity index is 629. The molecular formula is C15H16Cl2N4O. The number of nitrogens with zero attached hydrogens (tertiary/aromatic N) is 2. The smallest absolute Gasteiger partial charge is 0.275 e. The molecule has 0 saturated heterocycles. The largest absolute Gasteiger partial charge is 0.321 e. The van der Waals surface area contributed by atoms with Crippen molar-refractivity contribution in [2.45, 2.75) is 19.3 Å². The van der Waals surface area contributed by atoms with Gasteiger partial charge in [0.05, 0.1) is 12.4 Å². The monoisotopic (exact) mass is 338 g/mol. The lowest BCUT2D eigenvalue weighted by molar-refractivity contribution is 0.102. The second kappa shape index (κ2) is 8.46. The summed E-state index contributed by atoms with van der Waals surface area (Å²) < 4.78 is 0. The lowest BCUT2D eigenvalue weighted by Crippen LogP contribution is -2.13. The molecule has 22 heavy (non-hydrogen) atoms. The molecule has 1 aromatic heterocycles. The van der Waals surface area contributed by atoms with Crippen LogP contribution in [0.15, 0.2) is 36.7 Å². The predicted molar refractivity (Wildman–Crippen MR) is 90.5 cm³/mol. The molecule has 2 N–H and O–H groups in total. The van der Waals surface area contributed by atoms with Crippen LogP contribution in [-0.2, 0) is 0 Å². The van der Waals surface area contributed by atoms with Gasteiger partial charge in [-0.3, -0.25) is 4.79 Å². The molecule has 116 valence electrons. The fourth-order valence-electron chi connectivity index (χ4n) is 1.83. The number of anilines is 1. The minimum absolute atomic E-state index is 0. The van der Waals surface area contributed by atoms with E-state index >= 15 is 0 Å². The highest BCUT2D eigenvalue weighted by Crippen LogP contribution is 2.20. The first-order valence-corrected chi connectivity index (χ1v) is 6.85. The Morgan fingerprint density at radius 1 is 1.32 bits per heavy atom. The van der Waals surface area contributed by atoms with Crippen LogP contribution in [0, 0.1) is 5.41 Å². The van der Waals surface area contributed by atoms with Gasteiger partial charge >= 0.3 is 0 Å². The Morgan fingerprint density at radius 3 is 2.55 bits per heavy atom. The highest BCUT2D eigenvalue weighted by atomic mass is 35.5. The summed E-state index contributed by atoms with van der Waals surface area (Å²) in [4.78, 5) is 19.7. The van der Waals surface area contributed by atoms with Crippen molar-refractivity contribution in [3.05, 3.63) is 53.1 Å². The van der Waals surface area contributed by atoms with Gasteiger partial charge in [-0.1, -0.05) is 30.7 Å². The molecule has 1 amide bonds. The summed E-state index contributed by atoms with van der Waals surface area (Å²) >= 11 is 5.63.